The fourth-order valence-corrected chi connectivity index (χ4v) is 2.94. The second-order valence-corrected chi connectivity index (χ2v) is 6.12. The third-order valence-electron chi connectivity index (χ3n) is 3.81. The number of halogens is 3. The van der Waals surface area contributed by atoms with Gasteiger partial charge >= 0.3 is 0 Å². The fraction of sp³-hybridized carbons (Fsp3) is 0.533. The zero-order valence-corrected chi connectivity index (χ0v) is 15.0. The summed E-state index contributed by atoms with van der Waals surface area (Å²) in [5.74, 6) is 0.0662. The minimum absolute atomic E-state index is 0. The summed E-state index contributed by atoms with van der Waals surface area (Å²) >= 11 is 12.1. The molecule has 0 radical (unpaired) electrons. The van der Waals surface area contributed by atoms with E-state index in [-0.39, 0.29) is 30.4 Å². The number of nitrogens with zero attached hydrogens (tertiary/aromatic N) is 1. The van der Waals surface area contributed by atoms with E-state index >= 15 is 0 Å². The minimum atomic E-state index is -0.105. The number of hydrogen-bond donors (Lipinski definition) is 1. The standard InChI is InChI=1S/C15H20Cl2N2O2.ClH/c1-10(13-4-3-11(16)7-14(13)17)19(2)15(20)8-12-9-21-6-5-18-12;/h3-4,7,10,12,18H,5-6,8-9H2,1-2H3;1H. The zero-order valence-electron chi connectivity index (χ0n) is 12.6. The number of rotatable bonds is 4. The number of carbonyl (C=O) groups is 1. The van der Waals surface area contributed by atoms with Gasteiger partial charge in [0.15, 0.2) is 0 Å². The van der Waals surface area contributed by atoms with Crippen LogP contribution in [0.4, 0.5) is 0 Å². The first kappa shape index (κ1) is 19.5. The first-order valence-electron chi connectivity index (χ1n) is 7.00. The van der Waals surface area contributed by atoms with E-state index in [1.54, 1.807) is 24.1 Å². The second-order valence-electron chi connectivity index (χ2n) is 5.28. The van der Waals surface area contributed by atoms with Gasteiger partial charge in [-0.1, -0.05) is 29.3 Å². The summed E-state index contributed by atoms with van der Waals surface area (Å²) in [6.45, 7) is 4.03. The summed E-state index contributed by atoms with van der Waals surface area (Å²) in [4.78, 5) is 14.1. The van der Waals surface area contributed by atoms with Gasteiger partial charge in [0.05, 0.1) is 19.3 Å². The number of ether oxygens (including phenoxy) is 1. The molecule has 1 aromatic rings. The molecular weight excluding hydrogens is 347 g/mol. The molecular formula is C15H21Cl3N2O2. The molecule has 22 heavy (non-hydrogen) atoms. The molecule has 124 valence electrons. The Labute approximate surface area is 147 Å². The Bertz CT molecular complexity index is 508. The van der Waals surface area contributed by atoms with Crippen LogP contribution in [-0.4, -0.2) is 43.7 Å². The molecule has 7 heteroatoms. The monoisotopic (exact) mass is 366 g/mol. The van der Waals surface area contributed by atoms with E-state index in [0.29, 0.717) is 29.7 Å². The maximum absolute atomic E-state index is 12.4. The molecule has 4 nitrogen and oxygen atoms in total. The Morgan fingerprint density at radius 2 is 2.23 bits per heavy atom. The normalized spacial score (nSPS) is 19.2. The number of carbonyl (C=O) groups excluding carboxylic acids is 1. The lowest BCUT2D eigenvalue weighted by Gasteiger charge is -2.29. The maximum Gasteiger partial charge on any atom is 0.224 e. The Morgan fingerprint density at radius 1 is 1.50 bits per heavy atom. The molecule has 1 heterocycles. The van der Waals surface area contributed by atoms with Gasteiger partial charge in [0, 0.05) is 36.1 Å². The molecule has 1 aliphatic heterocycles. The Balaban J connectivity index is 0.00000242. The van der Waals surface area contributed by atoms with Crippen LogP contribution in [-0.2, 0) is 9.53 Å². The lowest BCUT2D eigenvalue weighted by Crippen LogP contribution is -2.44. The quantitative estimate of drug-likeness (QED) is 0.887. The summed E-state index contributed by atoms with van der Waals surface area (Å²) < 4.78 is 5.37. The fourth-order valence-electron chi connectivity index (χ4n) is 2.37. The average Bonchev–Trinajstić information content (AvgIpc) is 2.47. The number of benzene rings is 1. The molecule has 2 atom stereocenters. The van der Waals surface area contributed by atoms with Crippen molar-refractivity contribution in [2.24, 2.45) is 0 Å². The van der Waals surface area contributed by atoms with E-state index in [0.717, 1.165) is 12.1 Å². The average molecular weight is 368 g/mol. The highest BCUT2D eigenvalue weighted by molar-refractivity contribution is 6.35. The van der Waals surface area contributed by atoms with E-state index in [1.807, 2.05) is 13.0 Å². The van der Waals surface area contributed by atoms with Crippen LogP contribution in [0, 0.1) is 0 Å². The summed E-state index contributed by atoms with van der Waals surface area (Å²) in [6, 6.07) is 5.33. The molecule has 1 fully saturated rings. The first-order valence-corrected chi connectivity index (χ1v) is 7.76. The summed E-state index contributed by atoms with van der Waals surface area (Å²) in [5.41, 5.74) is 0.893. The van der Waals surface area contributed by atoms with Crippen LogP contribution in [0.25, 0.3) is 0 Å². The predicted octanol–water partition coefficient (Wildman–Crippen LogP) is 3.31. The van der Waals surface area contributed by atoms with Gasteiger partial charge in [0.25, 0.3) is 0 Å². The zero-order chi connectivity index (χ0) is 15.4. The number of nitrogens with one attached hydrogen (secondary N) is 1. The third kappa shape index (κ3) is 5.00. The van der Waals surface area contributed by atoms with Gasteiger partial charge in [0.2, 0.25) is 5.91 Å². The van der Waals surface area contributed by atoms with E-state index in [4.69, 9.17) is 27.9 Å². The van der Waals surface area contributed by atoms with Crippen molar-refractivity contribution < 1.29 is 9.53 Å². The molecule has 1 amide bonds. The highest BCUT2D eigenvalue weighted by atomic mass is 35.5. The summed E-state index contributed by atoms with van der Waals surface area (Å²) in [7, 11) is 1.79. The number of morpholine rings is 1. The van der Waals surface area contributed by atoms with Crippen LogP contribution in [0.2, 0.25) is 10.0 Å². The molecule has 0 spiro atoms. The highest BCUT2D eigenvalue weighted by Gasteiger charge is 2.23. The van der Waals surface area contributed by atoms with Gasteiger partial charge in [-0.05, 0) is 24.6 Å². The predicted molar refractivity (Wildman–Crippen MR) is 92.1 cm³/mol. The van der Waals surface area contributed by atoms with Gasteiger partial charge < -0.3 is 15.0 Å². The van der Waals surface area contributed by atoms with Crippen molar-refractivity contribution in [2.45, 2.75) is 25.4 Å². The van der Waals surface area contributed by atoms with Crippen molar-refractivity contribution >= 4 is 41.5 Å². The molecule has 0 aliphatic carbocycles. The van der Waals surface area contributed by atoms with Gasteiger partial charge in [-0.3, -0.25) is 4.79 Å². The van der Waals surface area contributed by atoms with E-state index in [9.17, 15) is 4.79 Å². The molecule has 2 unspecified atom stereocenters. The molecule has 0 bridgehead atoms. The van der Waals surface area contributed by atoms with Crippen LogP contribution in [0.5, 0.6) is 0 Å². The highest BCUT2D eigenvalue weighted by Crippen LogP contribution is 2.29. The van der Waals surface area contributed by atoms with Gasteiger partial charge in [-0.2, -0.15) is 0 Å². The van der Waals surface area contributed by atoms with Gasteiger partial charge in [-0.25, -0.2) is 0 Å². The van der Waals surface area contributed by atoms with Crippen LogP contribution >= 0.6 is 35.6 Å². The molecule has 1 aromatic carbocycles. The molecule has 0 aromatic heterocycles. The summed E-state index contributed by atoms with van der Waals surface area (Å²) in [5, 5.41) is 4.46. The van der Waals surface area contributed by atoms with E-state index in [2.05, 4.69) is 5.32 Å². The lowest BCUT2D eigenvalue weighted by molar-refractivity contribution is -0.133. The second kappa shape index (κ2) is 8.94. The number of hydrogen-bond acceptors (Lipinski definition) is 3. The largest absolute Gasteiger partial charge is 0.378 e. The Morgan fingerprint density at radius 3 is 2.82 bits per heavy atom. The van der Waals surface area contributed by atoms with Crippen LogP contribution in [0.1, 0.15) is 24.9 Å². The van der Waals surface area contributed by atoms with Crippen molar-refractivity contribution in [1.82, 2.24) is 10.2 Å². The first-order chi connectivity index (χ1) is 9.99. The topological polar surface area (TPSA) is 41.6 Å². The van der Waals surface area contributed by atoms with Crippen molar-refractivity contribution in [3.8, 4) is 0 Å². The molecule has 0 saturated carbocycles. The third-order valence-corrected chi connectivity index (χ3v) is 4.37. The van der Waals surface area contributed by atoms with Crippen LogP contribution < -0.4 is 5.32 Å². The molecule has 1 saturated heterocycles. The molecule has 1 N–H and O–H groups in total. The smallest absolute Gasteiger partial charge is 0.224 e. The van der Waals surface area contributed by atoms with Crippen molar-refractivity contribution in [3.05, 3.63) is 33.8 Å². The van der Waals surface area contributed by atoms with Gasteiger partial charge in [0.1, 0.15) is 0 Å². The van der Waals surface area contributed by atoms with Crippen molar-refractivity contribution in [2.75, 3.05) is 26.8 Å². The van der Waals surface area contributed by atoms with E-state index in [1.165, 1.54) is 0 Å². The molecule has 2 rings (SSSR count). The molecule has 1 aliphatic rings. The summed E-state index contributed by atoms with van der Waals surface area (Å²) in [6.07, 6.45) is 0.423. The Kier molecular flexibility index (Phi) is 7.94. The van der Waals surface area contributed by atoms with Gasteiger partial charge in [-0.15, -0.1) is 12.4 Å². The minimum Gasteiger partial charge on any atom is -0.378 e. The van der Waals surface area contributed by atoms with Crippen LogP contribution in [0.3, 0.4) is 0 Å². The van der Waals surface area contributed by atoms with Crippen molar-refractivity contribution in [3.63, 3.8) is 0 Å². The maximum atomic E-state index is 12.4. The van der Waals surface area contributed by atoms with Crippen LogP contribution in [0.15, 0.2) is 18.2 Å². The number of amides is 1. The SMILES string of the molecule is CC(c1ccc(Cl)cc1Cl)N(C)C(=O)CC1COCCN1.Cl. The van der Waals surface area contributed by atoms with E-state index < -0.39 is 0 Å². The lowest BCUT2D eigenvalue weighted by atomic mass is 10.1. The van der Waals surface area contributed by atoms with Crippen molar-refractivity contribution in [1.29, 1.82) is 0 Å². The Hall–Kier alpha value is -0.520.